The van der Waals surface area contributed by atoms with Crippen LogP contribution in [0.2, 0.25) is 0 Å². The van der Waals surface area contributed by atoms with Gasteiger partial charge in [-0.25, -0.2) is 0 Å². The van der Waals surface area contributed by atoms with Crippen LogP contribution in [0.3, 0.4) is 0 Å². The maximum absolute atomic E-state index is 10.5. The number of hydrogen-bond acceptors (Lipinski definition) is 2. The molecule has 0 amide bonds. The van der Waals surface area contributed by atoms with Gasteiger partial charge in [-0.3, -0.25) is 0 Å². The molecule has 2 unspecified atom stereocenters. The highest BCUT2D eigenvalue weighted by Crippen LogP contribution is 2.44. The zero-order valence-corrected chi connectivity index (χ0v) is 12.6. The predicted molar refractivity (Wildman–Crippen MR) is 78.5 cm³/mol. The Morgan fingerprint density at radius 3 is 2.79 bits per heavy atom. The predicted octanol–water partition coefficient (Wildman–Crippen LogP) is 4.40. The number of aliphatic hydroxyl groups excluding tert-OH is 1. The summed E-state index contributed by atoms with van der Waals surface area (Å²) in [5.74, 6) is 1.49. The van der Waals surface area contributed by atoms with Crippen molar-refractivity contribution in [3.8, 4) is 5.75 Å². The molecule has 0 bridgehead atoms. The molecule has 1 N–H and O–H groups in total. The largest absolute Gasteiger partial charge is 0.487 e. The molecule has 0 spiro atoms. The summed E-state index contributed by atoms with van der Waals surface area (Å²) in [6.07, 6.45) is 3.44. The van der Waals surface area contributed by atoms with Crippen LogP contribution in [0.5, 0.6) is 5.75 Å². The Kier molecular flexibility index (Phi) is 4.19. The molecule has 0 aromatic heterocycles. The summed E-state index contributed by atoms with van der Waals surface area (Å²) in [6.45, 7) is 8.69. The minimum absolute atomic E-state index is 0.197. The highest BCUT2D eigenvalue weighted by Gasteiger charge is 2.39. The third-order valence-corrected chi connectivity index (χ3v) is 4.48. The van der Waals surface area contributed by atoms with Crippen LogP contribution >= 0.6 is 0 Å². The Morgan fingerprint density at radius 2 is 2.16 bits per heavy atom. The minimum Gasteiger partial charge on any atom is -0.487 e. The van der Waals surface area contributed by atoms with E-state index in [9.17, 15) is 5.11 Å². The van der Waals surface area contributed by atoms with Gasteiger partial charge in [-0.2, -0.15) is 0 Å². The number of hydrogen-bond donors (Lipinski definition) is 1. The molecule has 1 heterocycles. The zero-order valence-electron chi connectivity index (χ0n) is 12.6. The average Bonchev–Trinajstić information content (AvgIpc) is 2.39. The highest BCUT2D eigenvalue weighted by atomic mass is 16.5. The molecule has 2 rings (SSSR count). The molecule has 1 aromatic carbocycles. The molecule has 1 aliphatic heterocycles. The number of aliphatic hydroxyl groups is 1. The van der Waals surface area contributed by atoms with E-state index in [-0.39, 0.29) is 5.60 Å². The minimum atomic E-state index is -0.396. The van der Waals surface area contributed by atoms with Gasteiger partial charge in [0.25, 0.3) is 0 Å². The summed E-state index contributed by atoms with van der Waals surface area (Å²) in [6, 6.07) is 6.11. The van der Waals surface area contributed by atoms with E-state index in [1.54, 1.807) is 0 Å². The van der Waals surface area contributed by atoms with Gasteiger partial charge in [0.15, 0.2) is 0 Å². The number of fused-ring (bicyclic) bond motifs is 1. The molecule has 2 heteroatoms. The maximum atomic E-state index is 10.5. The monoisotopic (exact) mass is 262 g/mol. The van der Waals surface area contributed by atoms with Crippen molar-refractivity contribution in [2.45, 2.75) is 65.1 Å². The van der Waals surface area contributed by atoms with E-state index in [2.05, 4.69) is 26.8 Å². The fourth-order valence-corrected chi connectivity index (χ4v) is 3.02. The summed E-state index contributed by atoms with van der Waals surface area (Å²) >= 11 is 0. The van der Waals surface area contributed by atoms with E-state index >= 15 is 0 Å². The number of rotatable bonds is 4. The van der Waals surface area contributed by atoms with E-state index in [0.717, 1.165) is 30.6 Å². The second-order valence-electron chi connectivity index (χ2n) is 6.12. The fourth-order valence-electron chi connectivity index (χ4n) is 3.02. The van der Waals surface area contributed by atoms with Crippen molar-refractivity contribution < 1.29 is 9.84 Å². The topological polar surface area (TPSA) is 29.5 Å². The summed E-state index contributed by atoms with van der Waals surface area (Å²) in [7, 11) is 0. The molecular weight excluding hydrogens is 236 g/mol. The summed E-state index contributed by atoms with van der Waals surface area (Å²) in [5.41, 5.74) is 1.93. The smallest absolute Gasteiger partial charge is 0.125 e. The first-order valence-corrected chi connectivity index (χ1v) is 7.47. The lowest BCUT2D eigenvalue weighted by molar-refractivity contribution is -0.0319. The normalized spacial score (nSPS) is 27.5. The van der Waals surface area contributed by atoms with Gasteiger partial charge in [-0.05, 0) is 37.8 Å². The van der Waals surface area contributed by atoms with E-state index in [4.69, 9.17) is 4.74 Å². The molecule has 0 radical (unpaired) electrons. The molecule has 19 heavy (non-hydrogen) atoms. The summed E-state index contributed by atoms with van der Waals surface area (Å²) in [4.78, 5) is 0. The van der Waals surface area contributed by atoms with Crippen LogP contribution in [-0.4, -0.2) is 10.7 Å². The van der Waals surface area contributed by atoms with E-state index in [1.165, 1.54) is 5.56 Å². The lowest BCUT2D eigenvalue weighted by atomic mass is 9.80. The van der Waals surface area contributed by atoms with E-state index in [0.29, 0.717) is 12.3 Å². The van der Waals surface area contributed by atoms with Crippen LogP contribution < -0.4 is 4.74 Å². The van der Waals surface area contributed by atoms with Crippen molar-refractivity contribution in [2.75, 3.05) is 0 Å². The van der Waals surface area contributed by atoms with Gasteiger partial charge < -0.3 is 9.84 Å². The van der Waals surface area contributed by atoms with Crippen LogP contribution in [0.15, 0.2) is 18.2 Å². The molecule has 106 valence electrons. The number of aryl methyl sites for hydroxylation is 1. The highest BCUT2D eigenvalue weighted by molar-refractivity contribution is 5.40. The van der Waals surface area contributed by atoms with Crippen molar-refractivity contribution in [3.05, 3.63) is 29.3 Å². The Morgan fingerprint density at radius 1 is 1.42 bits per heavy atom. The summed E-state index contributed by atoms with van der Waals surface area (Å²) < 4.78 is 6.31. The van der Waals surface area contributed by atoms with Crippen molar-refractivity contribution >= 4 is 0 Å². The third kappa shape index (κ3) is 2.94. The van der Waals surface area contributed by atoms with Gasteiger partial charge in [0.2, 0.25) is 0 Å². The zero-order chi connectivity index (χ0) is 14.0. The molecular formula is C17H26O2. The van der Waals surface area contributed by atoms with Crippen LogP contribution in [0.25, 0.3) is 0 Å². The maximum Gasteiger partial charge on any atom is 0.125 e. The SMILES string of the molecule is CCC(C)CC1(CC)C[C@@H](O)c2cc(C)ccc2O1. The summed E-state index contributed by atoms with van der Waals surface area (Å²) in [5, 5.41) is 10.5. The molecule has 0 saturated heterocycles. The number of ether oxygens (including phenoxy) is 1. The quantitative estimate of drug-likeness (QED) is 0.871. The fraction of sp³-hybridized carbons (Fsp3) is 0.647. The van der Waals surface area contributed by atoms with Crippen molar-refractivity contribution in [1.82, 2.24) is 0 Å². The van der Waals surface area contributed by atoms with Crippen LogP contribution in [0.4, 0.5) is 0 Å². The first kappa shape index (κ1) is 14.4. The average molecular weight is 262 g/mol. The molecule has 0 aliphatic carbocycles. The Balaban J connectivity index is 2.29. The molecule has 0 saturated carbocycles. The van der Waals surface area contributed by atoms with Crippen LogP contribution in [-0.2, 0) is 0 Å². The van der Waals surface area contributed by atoms with E-state index in [1.807, 2.05) is 19.1 Å². The molecule has 1 aliphatic rings. The lowest BCUT2D eigenvalue weighted by Crippen LogP contribution is -2.42. The van der Waals surface area contributed by atoms with Crippen molar-refractivity contribution in [1.29, 1.82) is 0 Å². The Bertz CT molecular complexity index is 441. The molecule has 0 fully saturated rings. The lowest BCUT2D eigenvalue weighted by Gasteiger charge is -2.42. The number of benzene rings is 1. The van der Waals surface area contributed by atoms with E-state index < -0.39 is 6.10 Å². The van der Waals surface area contributed by atoms with Gasteiger partial charge in [0, 0.05) is 12.0 Å². The second-order valence-corrected chi connectivity index (χ2v) is 6.12. The Hall–Kier alpha value is -1.02. The standard InChI is InChI=1S/C17H26O2/c1-5-12(3)10-17(6-2)11-15(18)14-9-13(4)7-8-16(14)19-17/h7-9,12,15,18H,5-6,10-11H2,1-4H3/t12?,15-,17?/m1/s1. The first-order valence-electron chi connectivity index (χ1n) is 7.47. The van der Waals surface area contributed by atoms with Crippen LogP contribution in [0.1, 0.15) is 63.7 Å². The van der Waals surface area contributed by atoms with Gasteiger partial charge in [0.1, 0.15) is 11.4 Å². The van der Waals surface area contributed by atoms with Gasteiger partial charge in [-0.1, -0.05) is 38.8 Å². The molecule has 2 nitrogen and oxygen atoms in total. The van der Waals surface area contributed by atoms with Crippen LogP contribution in [0, 0.1) is 12.8 Å². The first-order chi connectivity index (χ1) is 8.99. The van der Waals surface area contributed by atoms with Gasteiger partial charge >= 0.3 is 0 Å². The Labute approximate surface area is 116 Å². The van der Waals surface area contributed by atoms with Gasteiger partial charge in [0.05, 0.1) is 6.10 Å². The molecule has 1 aromatic rings. The van der Waals surface area contributed by atoms with Crippen molar-refractivity contribution in [2.24, 2.45) is 5.92 Å². The second kappa shape index (κ2) is 5.54. The molecule has 3 atom stereocenters. The third-order valence-electron chi connectivity index (χ3n) is 4.48. The van der Waals surface area contributed by atoms with Crippen molar-refractivity contribution in [3.63, 3.8) is 0 Å². The van der Waals surface area contributed by atoms with Gasteiger partial charge in [-0.15, -0.1) is 0 Å².